The van der Waals surface area contributed by atoms with Gasteiger partial charge in [-0.2, -0.15) is 10.4 Å². The number of aryl methyl sites for hydroxylation is 1. The van der Waals surface area contributed by atoms with Crippen molar-refractivity contribution in [3.05, 3.63) is 46.6 Å². The zero-order valence-electron chi connectivity index (χ0n) is 14.1. The maximum atomic E-state index is 12.5. The van der Waals surface area contributed by atoms with E-state index in [9.17, 15) is 4.79 Å². The summed E-state index contributed by atoms with van der Waals surface area (Å²) in [7, 11) is 0. The van der Waals surface area contributed by atoms with Crippen molar-refractivity contribution in [3.63, 3.8) is 0 Å². The number of hydrogen-bond donors (Lipinski definition) is 1. The Bertz CT molecular complexity index is 810. The molecule has 0 bridgehead atoms. The molecular formula is C18H20ClN5O. The standard InChI is InChI=1S/C18H20ClN5O/c1-13-8-17(21-18(25)23-7-3-5-15(10-20)11-23)24(22-13)12-14-4-2-6-16(19)9-14/h2,4,6,8-9,15H,3,5,7,11-12H2,1H3,(H,21,25)/t15-/m1/s1. The van der Waals surface area contributed by atoms with Crippen molar-refractivity contribution in [2.75, 3.05) is 18.4 Å². The van der Waals surface area contributed by atoms with Gasteiger partial charge in [0.15, 0.2) is 0 Å². The second kappa shape index (κ2) is 7.58. The second-order valence-electron chi connectivity index (χ2n) is 6.30. The summed E-state index contributed by atoms with van der Waals surface area (Å²) in [5.41, 5.74) is 1.83. The normalized spacial score (nSPS) is 17.2. The molecule has 2 amide bonds. The van der Waals surface area contributed by atoms with Gasteiger partial charge in [0.05, 0.1) is 24.2 Å². The van der Waals surface area contributed by atoms with Crippen molar-refractivity contribution >= 4 is 23.4 Å². The van der Waals surface area contributed by atoms with Gasteiger partial charge in [0.25, 0.3) is 0 Å². The lowest BCUT2D eigenvalue weighted by atomic mass is 10.0. The molecule has 3 rings (SSSR count). The van der Waals surface area contributed by atoms with E-state index >= 15 is 0 Å². The van der Waals surface area contributed by atoms with Gasteiger partial charge in [0.1, 0.15) is 5.82 Å². The first-order valence-corrected chi connectivity index (χ1v) is 8.67. The van der Waals surface area contributed by atoms with Crippen molar-refractivity contribution in [2.24, 2.45) is 5.92 Å². The van der Waals surface area contributed by atoms with Crippen molar-refractivity contribution in [3.8, 4) is 6.07 Å². The highest BCUT2D eigenvalue weighted by Gasteiger charge is 2.24. The number of anilines is 1. The highest BCUT2D eigenvalue weighted by molar-refractivity contribution is 6.30. The molecule has 0 unspecified atom stereocenters. The molecule has 2 heterocycles. The lowest BCUT2D eigenvalue weighted by Gasteiger charge is -2.29. The minimum atomic E-state index is -0.188. The number of carbonyl (C=O) groups excluding carboxylic acids is 1. The van der Waals surface area contributed by atoms with Crippen LogP contribution in [0.3, 0.4) is 0 Å². The van der Waals surface area contributed by atoms with Gasteiger partial charge in [-0.3, -0.25) is 5.32 Å². The van der Waals surface area contributed by atoms with E-state index < -0.39 is 0 Å². The molecule has 0 spiro atoms. The van der Waals surface area contributed by atoms with Crippen molar-refractivity contribution in [1.82, 2.24) is 14.7 Å². The number of piperidine rings is 1. The summed E-state index contributed by atoms with van der Waals surface area (Å²) in [6, 6.07) is 11.5. The summed E-state index contributed by atoms with van der Waals surface area (Å²) in [5.74, 6) is 0.555. The third-order valence-electron chi connectivity index (χ3n) is 4.25. The van der Waals surface area contributed by atoms with E-state index in [-0.39, 0.29) is 11.9 Å². The third-order valence-corrected chi connectivity index (χ3v) is 4.48. The Labute approximate surface area is 152 Å². The zero-order chi connectivity index (χ0) is 17.8. The molecule has 1 fully saturated rings. The summed E-state index contributed by atoms with van der Waals surface area (Å²) >= 11 is 6.04. The van der Waals surface area contributed by atoms with Gasteiger partial charge in [-0.05, 0) is 37.5 Å². The number of nitriles is 1. The minimum absolute atomic E-state index is 0.0855. The van der Waals surface area contributed by atoms with Crippen LogP contribution in [0.2, 0.25) is 5.02 Å². The Morgan fingerprint density at radius 1 is 1.48 bits per heavy atom. The van der Waals surface area contributed by atoms with Gasteiger partial charge in [0, 0.05) is 24.2 Å². The number of halogens is 1. The first kappa shape index (κ1) is 17.3. The van der Waals surface area contributed by atoms with Crippen molar-refractivity contribution < 1.29 is 4.79 Å². The molecule has 6 nitrogen and oxygen atoms in total. The van der Waals surface area contributed by atoms with E-state index in [2.05, 4.69) is 16.5 Å². The first-order valence-electron chi connectivity index (χ1n) is 8.29. The Morgan fingerprint density at radius 2 is 2.32 bits per heavy atom. The predicted octanol–water partition coefficient (Wildman–Crippen LogP) is 3.66. The van der Waals surface area contributed by atoms with Crippen LogP contribution in [0.1, 0.15) is 24.1 Å². The number of nitrogens with one attached hydrogen (secondary N) is 1. The Morgan fingerprint density at radius 3 is 3.08 bits per heavy atom. The lowest BCUT2D eigenvalue weighted by Crippen LogP contribution is -2.42. The fourth-order valence-corrected chi connectivity index (χ4v) is 3.24. The number of urea groups is 1. The summed E-state index contributed by atoms with van der Waals surface area (Å²) < 4.78 is 1.75. The number of rotatable bonds is 3. The van der Waals surface area contributed by atoms with Gasteiger partial charge in [0.2, 0.25) is 0 Å². The van der Waals surface area contributed by atoms with Crippen molar-refractivity contribution in [2.45, 2.75) is 26.3 Å². The molecule has 1 N–H and O–H groups in total. The van der Waals surface area contributed by atoms with E-state index in [1.54, 1.807) is 9.58 Å². The second-order valence-corrected chi connectivity index (χ2v) is 6.74. The number of benzene rings is 1. The summed E-state index contributed by atoms with van der Waals surface area (Å²) in [5, 5.41) is 17.1. The zero-order valence-corrected chi connectivity index (χ0v) is 14.8. The van der Waals surface area contributed by atoms with Gasteiger partial charge in [-0.25, -0.2) is 9.48 Å². The highest BCUT2D eigenvalue weighted by Crippen LogP contribution is 2.19. The maximum Gasteiger partial charge on any atom is 0.323 e. The van der Waals surface area contributed by atoms with Gasteiger partial charge >= 0.3 is 6.03 Å². The monoisotopic (exact) mass is 357 g/mol. The molecule has 2 aromatic rings. The number of carbonyl (C=O) groups is 1. The number of likely N-dealkylation sites (tertiary alicyclic amines) is 1. The van der Waals surface area contributed by atoms with Crippen LogP contribution < -0.4 is 5.32 Å². The number of hydrogen-bond acceptors (Lipinski definition) is 3. The van der Waals surface area contributed by atoms with Crippen LogP contribution in [0.15, 0.2) is 30.3 Å². The fraction of sp³-hybridized carbons (Fsp3) is 0.389. The summed E-state index contributed by atoms with van der Waals surface area (Å²) in [6.45, 7) is 3.55. The molecule has 1 aliphatic rings. The Hall–Kier alpha value is -2.52. The van der Waals surface area contributed by atoms with Gasteiger partial charge in [-0.1, -0.05) is 23.7 Å². The molecule has 1 aromatic carbocycles. The Balaban J connectivity index is 1.72. The molecule has 0 aliphatic carbocycles. The lowest BCUT2D eigenvalue weighted by molar-refractivity contribution is 0.189. The van der Waals surface area contributed by atoms with Gasteiger partial charge in [-0.15, -0.1) is 0 Å². The average Bonchev–Trinajstić information content (AvgIpc) is 2.94. The first-order chi connectivity index (χ1) is 12.0. The Kier molecular flexibility index (Phi) is 5.25. The quantitative estimate of drug-likeness (QED) is 0.910. The molecule has 1 saturated heterocycles. The third kappa shape index (κ3) is 4.31. The summed E-state index contributed by atoms with van der Waals surface area (Å²) in [6.07, 6.45) is 1.71. The van der Waals surface area contributed by atoms with E-state index in [1.165, 1.54) is 0 Å². The smallest absolute Gasteiger partial charge is 0.323 e. The number of aromatic nitrogens is 2. The molecule has 130 valence electrons. The van der Waals surface area contributed by atoms with Crippen LogP contribution in [-0.2, 0) is 6.54 Å². The van der Waals surface area contributed by atoms with Crippen LogP contribution in [0.25, 0.3) is 0 Å². The maximum absolute atomic E-state index is 12.5. The van der Waals surface area contributed by atoms with Crippen LogP contribution in [-0.4, -0.2) is 33.8 Å². The van der Waals surface area contributed by atoms with E-state index in [1.807, 2.05) is 37.3 Å². The van der Waals surface area contributed by atoms with Crippen LogP contribution in [0.5, 0.6) is 0 Å². The predicted molar refractivity (Wildman–Crippen MR) is 96.4 cm³/mol. The van der Waals surface area contributed by atoms with Crippen LogP contribution >= 0.6 is 11.6 Å². The molecule has 0 radical (unpaired) electrons. The number of nitrogens with zero attached hydrogens (tertiary/aromatic N) is 4. The molecule has 1 aromatic heterocycles. The topological polar surface area (TPSA) is 74.0 Å². The molecule has 0 saturated carbocycles. The average molecular weight is 358 g/mol. The molecule has 25 heavy (non-hydrogen) atoms. The fourth-order valence-electron chi connectivity index (χ4n) is 3.03. The van der Waals surface area contributed by atoms with E-state index in [4.69, 9.17) is 16.9 Å². The van der Waals surface area contributed by atoms with Crippen LogP contribution in [0.4, 0.5) is 10.6 Å². The van der Waals surface area contributed by atoms with Crippen LogP contribution in [0, 0.1) is 24.2 Å². The van der Waals surface area contributed by atoms with Gasteiger partial charge < -0.3 is 4.90 Å². The van der Waals surface area contributed by atoms with Crippen molar-refractivity contribution in [1.29, 1.82) is 5.26 Å². The largest absolute Gasteiger partial charge is 0.323 e. The summed E-state index contributed by atoms with van der Waals surface area (Å²) in [4.78, 5) is 14.2. The molecule has 1 atom stereocenters. The minimum Gasteiger partial charge on any atom is -0.323 e. The molecule has 7 heteroatoms. The highest BCUT2D eigenvalue weighted by atomic mass is 35.5. The molecule has 1 aliphatic heterocycles. The number of amides is 2. The SMILES string of the molecule is Cc1cc(NC(=O)N2CCC[C@H](C#N)C2)n(Cc2cccc(Cl)c2)n1. The van der Waals surface area contributed by atoms with E-state index in [0.717, 1.165) is 24.1 Å². The molecular weight excluding hydrogens is 338 g/mol. The van der Waals surface area contributed by atoms with E-state index in [0.29, 0.717) is 30.5 Å².